The number of rotatable bonds is 3. The Hall–Kier alpha value is -1.88. The van der Waals surface area contributed by atoms with Gasteiger partial charge in [-0.25, -0.2) is 4.98 Å². The third-order valence-electron chi connectivity index (χ3n) is 2.48. The molecule has 0 aliphatic rings. The van der Waals surface area contributed by atoms with Gasteiger partial charge in [0.25, 0.3) is 0 Å². The zero-order valence-corrected chi connectivity index (χ0v) is 10.2. The van der Waals surface area contributed by atoms with Crippen LogP contribution >= 0.6 is 11.3 Å². The standard InChI is InChI=1S/C12H12N4S/c1-16-7-6-9(15-16)8-13-12-14-10-4-2-3-5-11(10)17-12/h2-7H,8H2,1H3,(H,13,14). The van der Waals surface area contributed by atoms with Crippen LogP contribution in [0.3, 0.4) is 0 Å². The molecule has 3 rings (SSSR count). The number of thiazole rings is 1. The van der Waals surface area contributed by atoms with E-state index in [0.717, 1.165) is 16.3 Å². The van der Waals surface area contributed by atoms with Gasteiger partial charge in [-0.1, -0.05) is 23.5 Å². The van der Waals surface area contributed by atoms with Gasteiger partial charge in [-0.3, -0.25) is 4.68 Å². The van der Waals surface area contributed by atoms with Crippen molar-refractivity contribution in [2.75, 3.05) is 5.32 Å². The molecule has 2 heterocycles. The summed E-state index contributed by atoms with van der Waals surface area (Å²) in [4.78, 5) is 4.51. The van der Waals surface area contributed by atoms with E-state index in [1.165, 1.54) is 4.70 Å². The first-order chi connectivity index (χ1) is 8.31. The van der Waals surface area contributed by atoms with Crippen LogP contribution in [0.2, 0.25) is 0 Å². The summed E-state index contributed by atoms with van der Waals surface area (Å²) in [5.41, 5.74) is 2.06. The van der Waals surface area contributed by atoms with Crippen molar-refractivity contribution >= 4 is 26.7 Å². The Balaban J connectivity index is 1.76. The van der Waals surface area contributed by atoms with Crippen LogP contribution < -0.4 is 5.32 Å². The van der Waals surface area contributed by atoms with Gasteiger partial charge >= 0.3 is 0 Å². The highest BCUT2D eigenvalue weighted by atomic mass is 32.1. The van der Waals surface area contributed by atoms with Gasteiger partial charge in [0.1, 0.15) is 0 Å². The van der Waals surface area contributed by atoms with Gasteiger partial charge in [-0.05, 0) is 18.2 Å². The largest absolute Gasteiger partial charge is 0.356 e. The van der Waals surface area contributed by atoms with Crippen molar-refractivity contribution in [2.45, 2.75) is 6.54 Å². The van der Waals surface area contributed by atoms with E-state index in [1.54, 1.807) is 16.0 Å². The van der Waals surface area contributed by atoms with Crippen LogP contribution in [0.15, 0.2) is 36.5 Å². The third-order valence-corrected chi connectivity index (χ3v) is 3.48. The second-order valence-electron chi connectivity index (χ2n) is 3.82. The average Bonchev–Trinajstić information content (AvgIpc) is 2.91. The highest BCUT2D eigenvalue weighted by Crippen LogP contribution is 2.25. The molecule has 5 heteroatoms. The fraction of sp³-hybridized carbons (Fsp3) is 0.167. The van der Waals surface area contributed by atoms with E-state index in [4.69, 9.17) is 0 Å². The number of aromatic nitrogens is 3. The topological polar surface area (TPSA) is 42.7 Å². The SMILES string of the molecule is Cn1ccc(CNc2nc3ccccc3s2)n1. The minimum atomic E-state index is 0.709. The Bertz CT molecular complexity index is 608. The number of para-hydroxylation sites is 1. The molecule has 0 bridgehead atoms. The molecule has 0 saturated heterocycles. The summed E-state index contributed by atoms with van der Waals surface area (Å²) in [6.07, 6.45) is 1.94. The van der Waals surface area contributed by atoms with E-state index in [-0.39, 0.29) is 0 Å². The van der Waals surface area contributed by atoms with E-state index in [2.05, 4.69) is 21.5 Å². The lowest BCUT2D eigenvalue weighted by Crippen LogP contribution is -2.00. The van der Waals surface area contributed by atoms with Crippen LogP contribution in [-0.2, 0) is 13.6 Å². The van der Waals surface area contributed by atoms with Crippen LogP contribution in [0.25, 0.3) is 10.2 Å². The molecule has 4 nitrogen and oxygen atoms in total. The van der Waals surface area contributed by atoms with E-state index in [9.17, 15) is 0 Å². The van der Waals surface area contributed by atoms with Crippen LogP contribution in [0.5, 0.6) is 0 Å². The van der Waals surface area contributed by atoms with Gasteiger partial charge in [0.15, 0.2) is 5.13 Å². The molecular weight excluding hydrogens is 232 g/mol. The summed E-state index contributed by atoms with van der Waals surface area (Å²) >= 11 is 1.67. The second-order valence-corrected chi connectivity index (χ2v) is 4.85. The summed E-state index contributed by atoms with van der Waals surface area (Å²) in [6.45, 7) is 0.709. The van der Waals surface area contributed by atoms with E-state index >= 15 is 0 Å². The Labute approximate surface area is 103 Å². The van der Waals surface area contributed by atoms with Gasteiger partial charge in [0.05, 0.1) is 22.5 Å². The van der Waals surface area contributed by atoms with Crippen molar-refractivity contribution < 1.29 is 0 Å². The van der Waals surface area contributed by atoms with E-state index in [1.807, 2.05) is 37.5 Å². The highest BCUT2D eigenvalue weighted by molar-refractivity contribution is 7.22. The smallest absolute Gasteiger partial charge is 0.184 e. The van der Waals surface area contributed by atoms with E-state index in [0.29, 0.717) is 6.54 Å². The van der Waals surface area contributed by atoms with Crippen LogP contribution in [0.1, 0.15) is 5.69 Å². The number of benzene rings is 1. The molecule has 0 radical (unpaired) electrons. The summed E-state index contributed by atoms with van der Waals surface area (Å²) in [5.74, 6) is 0. The lowest BCUT2D eigenvalue weighted by atomic mass is 10.3. The first-order valence-electron chi connectivity index (χ1n) is 5.39. The monoisotopic (exact) mass is 244 g/mol. The van der Waals surface area contributed by atoms with E-state index < -0.39 is 0 Å². The number of fused-ring (bicyclic) bond motifs is 1. The molecule has 0 aliphatic heterocycles. The first kappa shape index (κ1) is 10.3. The summed E-state index contributed by atoms with van der Waals surface area (Å²) in [6, 6.07) is 10.1. The Morgan fingerprint density at radius 2 is 2.18 bits per heavy atom. The second kappa shape index (κ2) is 4.18. The zero-order valence-electron chi connectivity index (χ0n) is 9.42. The molecule has 3 aromatic rings. The number of nitrogens with one attached hydrogen (secondary N) is 1. The molecule has 17 heavy (non-hydrogen) atoms. The molecule has 0 atom stereocenters. The number of hydrogen-bond donors (Lipinski definition) is 1. The maximum absolute atomic E-state index is 4.51. The van der Waals surface area contributed by atoms with Crippen LogP contribution in [0.4, 0.5) is 5.13 Å². The molecule has 1 aromatic carbocycles. The Kier molecular flexibility index (Phi) is 2.53. The summed E-state index contributed by atoms with van der Waals surface area (Å²) < 4.78 is 3.01. The fourth-order valence-corrected chi connectivity index (χ4v) is 2.53. The lowest BCUT2D eigenvalue weighted by molar-refractivity contribution is 0.747. The highest BCUT2D eigenvalue weighted by Gasteiger charge is 2.03. The normalized spacial score (nSPS) is 10.9. The van der Waals surface area contributed by atoms with Crippen molar-refractivity contribution in [1.29, 1.82) is 0 Å². The number of aryl methyl sites for hydroxylation is 1. The van der Waals surface area contributed by atoms with Gasteiger partial charge in [0, 0.05) is 13.2 Å². The summed E-state index contributed by atoms with van der Waals surface area (Å²) in [5, 5.41) is 8.55. The zero-order chi connectivity index (χ0) is 11.7. The molecule has 2 aromatic heterocycles. The minimum absolute atomic E-state index is 0.709. The predicted octanol–water partition coefficient (Wildman–Crippen LogP) is 2.64. The van der Waals surface area contributed by atoms with Crippen molar-refractivity contribution in [2.24, 2.45) is 7.05 Å². The van der Waals surface area contributed by atoms with Gasteiger partial charge in [-0.2, -0.15) is 5.10 Å². The van der Waals surface area contributed by atoms with Crippen molar-refractivity contribution in [3.63, 3.8) is 0 Å². The predicted molar refractivity (Wildman–Crippen MR) is 70.2 cm³/mol. The van der Waals surface area contributed by atoms with Crippen LogP contribution in [-0.4, -0.2) is 14.8 Å². The van der Waals surface area contributed by atoms with Crippen molar-refractivity contribution in [3.8, 4) is 0 Å². The first-order valence-corrected chi connectivity index (χ1v) is 6.21. The molecule has 0 saturated carbocycles. The van der Waals surface area contributed by atoms with Crippen molar-refractivity contribution in [3.05, 3.63) is 42.2 Å². The number of hydrogen-bond acceptors (Lipinski definition) is 4. The molecule has 0 amide bonds. The quantitative estimate of drug-likeness (QED) is 0.770. The van der Waals surface area contributed by atoms with Crippen molar-refractivity contribution in [1.82, 2.24) is 14.8 Å². The van der Waals surface area contributed by atoms with Gasteiger partial charge < -0.3 is 5.32 Å². The molecule has 86 valence electrons. The third kappa shape index (κ3) is 2.14. The number of nitrogens with zero attached hydrogens (tertiary/aromatic N) is 3. The van der Waals surface area contributed by atoms with Crippen LogP contribution in [0, 0.1) is 0 Å². The number of anilines is 1. The molecule has 0 aliphatic carbocycles. The maximum atomic E-state index is 4.51. The fourth-order valence-electron chi connectivity index (χ4n) is 1.67. The Morgan fingerprint density at radius 3 is 2.94 bits per heavy atom. The summed E-state index contributed by atoms with van der Waals surface area (Å²) in [7, 11) is 1.92. The molecule has 0 fully saturated rings. The molecule has 0 spiro atoms. The molecule has 1 N–H and O–H groups in total. The van der Waals surface area contributed by atoms with Gasteiger partial charge in [-0.15, -0.1) is 0 Å². The Morgan fingerprint density at radius 1 is 1.29 bits per heavy atom. The lowest BCUT2D eigenvalue weighted by Gasteiger charge is -1.97. The molecule has 0 unspecified atom stereocenters. The molecular formula is C12H12N4S. The maximum Gasteiger partial charge on any atom is 0.184 e. The average molecular weight is 244 g/mol. The van der Waals surface area contributed by atoms with Gasteiger partial charge in [0.2, 0.25) is 0 Å². The minimum Gasteiger partial charge on any atom is -0.356 e.